The van der Waals surface area contributed by atoms with Gasteiger partial charge in [0.1, 0.15) is 5.69 Å². The molecule has 1 N–H and O–H groups in total. The van der Waals surface area contributed by atoms with E-state index in [9.17, 15) is 9.90 Å². The molecule has 94 valence electrons. The Morgan fingerprint density at radius 1 is 1.05 bits per heavy atom. The van der Waals surface area contributed by atoms with E-state index in [1.165, 1.54) is 27.8 Å². The number of hydrogen-bond donors (Lipinski definition) is 1. The summed E-state index contributed by atoms with van der Waals surface area (Å²) in [4.78, 5) is 11.3. The summed E-state index contributed by atoms with van der Waals surface area (Å²) in [5.74, 6) is -1.05. The van der Waals surface area contributed by atoms with Gasteiger partial charge in [0, 0.05) is 0 Å². The summed E-state index contributed by atoms with van der Waals surface area (Å²) in [5.41, 5.74) is 1.06. The molecule has 0 spiro atoms. The zero-order valence-corrected chi connectivity index (χ0v) is 9.58. The second-order valence-electron chi connectivity index (χ2n) is 3.67. The smallest absolute Gasteiger partial charge is 0.337 e. The Balaban J connectivity index is 2.31. The highest BCUT2D eigenvalue weighted by Gasteiger charge is 2.17. The van der Waals surface area contributed by atoms with Crippen LogP contribution in [0.2, 0.25) is 0 Å². The summed E-state index contributed by atoms with van der Waals surface area (Å²) in [6.45, 7) is 0. The van der Waals surface area contributed by atoms with Crippen molar-refractivity contribution in [2.24, 2.45) is 0 Å². The molecule has 0 radical (unpaired) electrons. The number of aromatic nitrogens is 6. The van der Waals surface area contributed by atoms with Crippen molar-refractivity contribution in [2.75, 3.05) is 0 Å². The lowest BCUT2D eigenvalue weighted by Crippen LogP contribution is -2.11. The number of aromatic carboxylic acids is 1. The fourth-order valence-electron chi connectivity index (χ4n) is 1.79. The molecule has 0 aliphatic carbocycles. The quantitative estimate of drug-likeness (QED) is 0.734. The van der Waals surface area contributed by atoms with Crippen molar-refractivity contribution in [3.05, 3.63) is 48.5 Å². The van der Waals surface area contributed by atoms with Gasteiger partial charge in [-0.2, -0.15) is 0 Å². The topological polar surface area (TPSA) is 98.7 Å². The Hall–Kier alpha value is -3.03. The molecule has 0 atom stereocenters. The van der Waals surface area contributed by atoms with E-state index < -0.39 is 5.97 Å². The minimum Gasteiger partial charge on any atom is -0.478 e. The fraction of sp³-hybridized carbons (Fsp3) is 0. The van der Waals surface area contributed by atoms with Gasteiger partial charge < -0.3 is 5.11 Å². The standard InChI is InChI=1S/C11H8N6O2/c18-11(19)8-2-1-3-9(16-6-4-12-14-16)10(8)17-7-5-13-15-17/h1-7H,(H,18,19). The molecule has 1 aromatic carbocycles. The van der Waals surface area contributed by atoms with Gasteiger partial charge in [0.15, 0.2) is 0 Å². The fourth-order valence-corrected chi connectivity index (χ4v) is 1.79. The van der Waals surface area contributed by atoms with Gasteiger partial charge in [0.2, 0.25) is 0 Å². The first-order valence-electron chi connectivity index (χ1n) is 5.37. The van der Waals surface area contributed by atoms with E-state index in [0.29, 0.717) is 11.4 Å². The molecular weight excluding hydrogens is 248 g/mol. The number of carboxylic acid groups (broad SMARTS) is 1. The first-order chi connectivity index (χ1) is 9.27. The van der Waals surface area contributed by atoms with Gasteiger partial charge in [-0.15, -0.1) is 10.2 Å². The van der Waals surface area contributed by atoms with Gasteiger partial charge in [-0.05, 0) is 12.1 Å². The monoisotopic (exact) mass is 256 g/mol. The molecule has 0 unspecified atom stereocenters. The van der Waals surface area contributed by atoms with Crippen LogP contribution in [-0.2, 0) is 0 Å². The van der Waals surface area contributed by atoms with Gasteiger partial charge in [0.05, 0.1) is 36.0 Å². The minimum absolute atomic E-state index is 0.110. The summed E-state index contributed by atoms with van der Waals surface area (Å²) in [7, 11) is 0. The number of carboxylic acids is 1. The van der Waals surface area contributed by atoms with Crippen molar-refractivity contribution in [3.8, 4) is 11.4 Å². The van der Waals surface area contributed by atoms with Gasteiger partial charge in [-0.3, -0.25) is 0 Å². The highest BCUT2D eigenvalue weighted by Crippen LogP contribution is 2.22. The van der Waals surface area contributed by atoms with Crippen LogP contribution in [0, 0.1) is 0 Å². The third-order valence-electron chi connectivity index (χ3n) is 2.57. The highest BCUT2D eigenvalue weighted by molar-refractivity contribution is 5.93. The van der Waals surface area contributed by atoms with Gasteiger partial charge in [0.25, 0.3) is 0 Å². The van der Waals surface area contributed by atoms with Crippen LogP contribution in [0.3, 0.4) is 0 Å². The Kier molecular flexibility index (Phi) is 2.53. The normalized spacial score (nSPS) is 10.5. The lowest BCUT2D eigenvalue weighted by atomic mass is 10.1. The van der Waals surface area contributed by atoms with Gasteiger partial charge >= 0.3 is 5.97 Å². The van der Waals surface area contributed by atoms with Crippen LogP contribution in [0.25, 0.3) is 11.4 Å². The van der Waals surface area contributed by atoms with E-state index in [1.807, 2.05) is 0 Å². The molecule has 0 bridgehead atoms. The summed E-state index contributed by atoms with van der Waals surface area (Å²) in [6.07, 6.45) is 6.19. The van der Waals surface area contributed by atoms with E-state index in [4.69, 9.17) is 0 Å². The van der Waals surface area contributed by atoms with E-state index >= 15 is 0 Å². The lowest BCUT2D eigenvalue weighted by molar-refractivity contribution is 0.0696. The van der Waals surface area contributed by atoms with Crippen LogP contribution in [0.1, 0.15) is 10.4 Å². The molecule has 0 saturated carbocycles. The number of benzene rings is 1. The molecule has 8 heteroatoms. The second-order valence-corrected chi connectivity index (χ2v) is 3.67. The SMILES string of the molecule is O=C(O)c1cccc(-n2ccnn2)c1-n1ccnn1. The molecule has 0 saturated heterocycles. The molecule has 0 amide bonds. The Labute approximate surface area is 106 Å². The molecule has 2 heterocycles. The molecular formula is C11H8N6O2. The molecule has 0 aliphatic rings. The molecule has 0 fully saturated rings. The lowest BCUT2D eigenvalue weighted by Gasteiger charge is -2.11. The predicted molar refractivity (Wildman–Crippen MR) is 63.2 cm³/mol. The van der Waals surface area contributed by atoms with Crippen molar-refractivity contribution in [1.82, 2.24) is 30.0 Å². The molecule has 8 nitrogen and oxygen atoms in total. The number of carbonyl (C=O) groups is 1. The first kappa shape index (κ1) is 11.1. The van der Waals surface area contributed by atoms with Crippen LogP contribution in [0.4, 0.5) is 0 Å². The maximum atomic E-state index is 11.3. The zero-order chi connectivity index (χ0) is 13.2. The van der Waals surface area contributed by atoms with Gasteiger partial charge in [-0.25, -0.2) is 14.2 Å². The van der Waals surface area contributed by atoms with Crippen molar-refractivity contribution >= 4 is 5.97 Å². The third kappa shape index (κ3) is 1.84. The van der Waals surface area contributed by atoms with E-state index in [0.717, 1.165) is 0 Å². The van der Waals surface area contributed by atoms with Gasteiger partial charge in [-0.1, -0.05) is 16.5 Å². The first-order valence-corrected chi connectivity index (χ1v) is 5.37. The molecule has 3 aromatic rings. The number of para-hydroxylation sites is 1. The second kappa shape index (κ2) is 4.33. The average Bonchev–Trinajstić information content (AvgIpc) is 3.11. The van der Waals surface area contributed by atoms with Crippen molar-refractivity contribution in [3.63, 3.8) is 0 Å². The Morgan fingerprint density at radius 3 is 2.32 bits per heavy atom. The van der Waals surface area contributed by atoms with Crippen molar-refractivity contribution in [2.45, 2.75) is 0 Å². The summed E-state index contributed by atoms with van der Waals surface area (Å²) < 4.78 is 2.86. The summed E-state index contributed by atoms with van der Waals surface area (Å²) >= 11 is 0. The van der Waals surface area contributed by atoms with E-state index in [-0.39, 0.29) is 5.56 Å². The molecule has 3 rings (SSSR count). The van der Waals surface area contributed by atoms with Crippen LogP contribution < -0.4 is 0 Å². The largest absolute Gasteiger partial charge is 0.478 e. The average molecular weight is 256 g/mol. The number of rotatable bonds is 3. The van der Waals surface area contributed by atoms with Crippen LogP contribution in [-0.4, -0.2) is 41.1 Å². The zero-order valence-electron chi connectivity index (χ0n) is 9.58. The van der Waals surface area contributed by atoms with Crippen LogP contribution in [0.15, 0.2) is 43.0 Å². The number of nitrogens with zero attached hydrogens (tertiary/aromatic N) is 6. The Bertz CT molecular complexity index is 705. The van der Waals surface area contributed by atoms with E-state index in [2.05, 4.69) is 20.6 Å². The molecule has 0 aliphatic heterocycles. The minimum atomic E-state index is -1.05. The molecule has 2 aromatic heterocycles. The molecule has 19 heavy (non-hydrogen) atoms. The van der Waals surface area contributed by atoms with Crippen LogP contribution in [0.5, 0.6) is 0 Å². The predicted octanol–water partition coefficient (Wildman–Crippen LogP) is 0.546. The van der Waals surface area contributed by atoms with Crippen LogP contribution >= 0.6 is 0 Å². The summed E-state index contributed by atoms with van der Waals surface area (Å²) in [5, 5.41) is 24.4. The number of hydrogen-bond acceptors (Lipinski definition) is 5. The summed E-state index contributed by atoms with van der Waals surface area (Å²) in [6, 6.07) is 4.87. The van der Waals surface area contributed by atoms with Crippen molar-refractivity contribution in [1.29, 1.82) is 0 Å². The van der Waals surface area contributed by atoms with E-state index in [1.54, 1.807) is 24.5 Å². The Morgan fingerprint density at radius 2 is 1.74 bits per heavy atom. The maximum Gasteiger partial charge on any atom is 0.337 e. The third-order valence-corrected chi connectivity index (χ3v) is 2.57. The highest BCUT2D eigenvalue weighted by atomic mass is 16.4. The maximum absolute atomic E-state index is 11.3. The van der Waals surface area contributed by atoms with Crippen molar-refractivity contribution < 1.29 is 9.90 Å².